The molecule has 18 heavy (non-hydrogen) atoms. The Hall–Kier alpha value is -1.47. The van der Waals surface area contributed by atoms with Crippen molar-refractivity contribution in [3.63, 3.8) is 0 Å². The van der Waals surface area contributed by atoms with Gasteiger partial charge in [-0.15, -0.1) is 3.89 Å². The lowest BCUT2D eigenvalue weighted by molar-refractivity contribution is -0.117. The van der Waals surface area contributed by atoms with E-state index in [-0.39, 0.29) is 19.5 Å². The number of hydrogen-bond acceptors (Lipinski definition) is 4. The average Bonchev–Trinajstić information content (AvgIpc) is 2.71. The number of nitrogens with zero attached hydrogens (tertiary/aromatic N) is 1. The minimum absolute atomic E-state index is 0.158. The molecule has 1 amide bonds. The molecule has 0 spiro atoms. The highest BCUT2D eigenvalue weighted by molar-refractivity contribution is 7.87. The van der Waals surface area contributed by atoms with Gasteiger partial charge in [-0.1, -0.05) is 18.2 Å². The van der Waals surface area contributed by atoms with Crippen molar-refractivity contribution in [3.05, 3.63) is 29.8 Å². The van der Waals surface area contributed by atoms with Crippen molar-refractivity contribution >= 4 is 21.8 Å². The minimum atomic E-state index is -4.69. The van der Waals surface area contributed by atoms with E-state index in [1.54, 1.807) is 24.3 Å². The molecule has 1 aliphatic rings. The summed E-state index contributed by atoms with van der Waals surface area (Å²) in [5.74, 6) is -0.401. The van der Waals surface area contributed by atoms with Crippen LogP contribution in [-0.4, -0.2) is 26.1 Å². The molecular formula is C11H13FN2O3S. The van der Waals surface area contributed by atoms with Gasteiger partial charge in [0.25, 0.3) is 0 Å². The Kier molecular flexibility index (Phi) is 3.36. The molecular weight excluding hydrogens is 259 g/mol. The number of amides is 1. The fraction of sp³-hybridized carbons (Fsp3) is 0.364. The number of anilines is 1. The third kappa shape index (κ3) is 2.37. The summed E-state index contributed by atoms with van der Waals surface area (Å²) < 4.78 is 34.6. The Labute approximate surface area is 105 Å². The summed E-state index contributed by atoms with van der Waals surface area (Å²) >= 11 is 0. The molecule has 1 aromatic rings. The fourth-order valence-electron chi connectivity index (χ4n) is 2.04. The lowest BCUT2D eigenvalue weighted by Crippen LogP contribution is -2.28. The van der Waals surface area contributed by atoms with Crippen molar-refractivity contribution in [3.8, 4) is 0 Å². The van der Waals surface area contributed by atoms with Crippen molar-refractivity contribution < 1.29 is 17.1 Å². The quantitative estimate of drug-likeness (QED) is 0.815. The predicted molar refractivity (Wildman–Crippen MR) is 65.1 cm³/mol. The standard InChI is InChI=1S/C11H13FN2O3S/c12-18(16,17)9-5-11(15)14(7-9)10-4-2-1-3-8(10)6-13/h1-4,9H,5-7,13H2. The smallest absolute Gasteiger partial charge is 0.307 e. The highest BCUT2D eigenvalue weighted by Crippen LogP contribution is 2.28. The molecule has 0 aromatic heterocycles. The average molecular weight is 272 g/mol. The van der Waals surface area contributed by atoms with E-state index in [2.05, 4.69) is 0 Å². The maximum atomic E-state index is 12.9. The number of rotatable bonds is 3. The van der Waals surface area contributed by atoms with Crippen molar-refractivity contribution in [1.29, 1.82) is 0 Å². The van der Waals surface area contributed by atoms with Gasteiger partial charge in [0.15, 0.2) is 0 Å². The number of halogens is 1. The minimum Gasteiger partial charge on any atom is -0.326 e. The van der Waals surface area contributed by atoms with Crippen LogP contribution in [0.3, 0.4) is 0 Å². The largest absolute Gasteiger partial charge is 0.326 e. The summed E-state index contributed by atoms with van der Waals surface area (Å²) in [5.41, 5.74) is 6.83. The summed E-state index contributed by atoms with van der Waals surface area (Å²) in [7, 11) is -4.69. The molecule has 1 aromatic carbocycles. The number of nitrogens with two attached hydrogens (primary N) is 1. The second-order valence-corrected chi connectivity index (χ2v) is 5.76. The van der Waals surface area contributed by atoms with E-state index in [1.807, 2.05) is 0 Å². The molecule has 0 radical (unpaired) electrons. The second kappa shape index (κ2) is 4.66. The third-order valence-electron chi connectivity index (χ3n) is 2.99. The van der Waals surface area contributed by atoms with Gasteiger partial charge in [-0.2, -0.15) is 8.42 Å². The van der Waals surface area contributed by atoms with E-state index in [0.717, 1.165) is 5.56 Å². The van der Waals surface area contributed by atoms with Gasteiger partial charge in [0.05, 0.1) is 0 Å². The van der Waals surface area contributed by atoms with Crippen molar-refractivity contribution in [1.82, 2.24) is 0 Å². The number of hydrogen-bond donors (Lipinski definition) is 1. The zero-order valence-electron chi connectivity index (χ0n) is 9.54. The van der Waals surface area contributed by atoms with Crippen LogP contribution in [0.2, 0.25) is 0 Å². The Balaban J connectivity index is 2.33. The van der Waals surface area contributed by atoms with Crippen molar-refractivity contribution in [2.75, 3.05) is 11.4 Å². The normalized spacial score (nSPS) is 20.4. The highest BCUT2D eigenvalue weighted by atomic mass is 32.3. The van der Waals surface area contributed by atoms with Crippen molar-refractivity contribution in [2.24, 2.45) is 5.73 Å². The van der Waals surface area contributed by atoms with Gasteiger partial charge in [0.2, 0.25) is 5.91 Å². The van der Waals surface area contributed by atoms with E-state index in [9.17, 15) is 17.1 Å². The Morgan fingerprint density at radius 3 is 2.61 bits per heavy atom. The van der Waals surface area contributed by atoms with E-state index in [1.165, 1.54) is 4.90 Å². The van der Waals surface area contributed by atoms with Gasteiger partial charge in [0, 0.05) is 25.2 Å². The molecule has 2 N–H and O–H groups in total. The first-order chi connectivity index (χ1) is 8.43. The number of carbonyl (C=O) groups is 1. The van der Waals surface area contributed by atoms with Crippen LogP contribution in [-0.2, 0) is 21.6 Å². The van der Waals surface area contributed by atoms with Gasteiger partial charge in [-0.05, 0) is 11.6 Å². The lowest BCUT2D eigenvalue weighted by atomic mass is 10.1. The van der Waals surface area contributed by atoms with Gasteiger partial charge in [-0.3, -0.25) is 4.79 Å². The molecule has 0 aliphatic carbocycles. The molecule has 1 fully saturated rings. The highest BCUT2D eigenvalue weighted by Gasteiger charge is 2.39. The Morgan fingerprint density at radius 2 is 2.06 bits per heavy atom. The summed E-state index contributed by atoms with van der Waals surface area (Å²) in [4.78, 5) is 13.0. The topological polar surface area (TPSA) is 80.5 Å². The first-order valence-electron chi connectivity index (χ1n) is 5.45. The van der Waals surface area contributed by atoms with Gasteiger partial charge in [-0.25, -0.2) is 0 Å². The Morgan fingerprint density at radius 1 is 1.39 bits per heavy atom. The maximum Gasteiger partial charge on any atom is 0.307 e. The fourth-order valence-corrected chi connectivity index (χ4v) is 2.71. The second-order valence-electron chi connectivity index (χ2n) is 4.14. The Bertz CT molecular complexity index is 573. The van der Waals surface area contributed by atoms with Crippen LogP contribution in [0.5, 0.6) is 0 Å². The molecule has 1 atom stereocenters. The van der Waals surface area contributed by atoms with Gasteiger partial charge < -0.3 is 10.6 Å². The first kappa shape index (κ1) is 13.0. The molecule has 1 heterocycles. The molecule has 7 heteroatoms. The van der Waals surface area contributed by atoms with Crippen LogP contribution in [0.4, 0.5) is 9.57 Å². The SMILES string of the molecule is NCc1ccccc1N1CC(S(=O)(=O)F)CC1=O. The third-order valence-corrected chi connectivity index (χ3v) is 4.10. The summed E-state index contributed by atoms with van der Waals surface area (Å²) in [6, 6.07) is 6.92. The van der Waals surface area contributed by atoms with E-state index < -0.39 is 21.4 Å². The molecule has 98 valence electrons. The monoisotopic (exact) mass is 272 g/mol. The first-order valence-corrected chi connectivity index (χ1v) is 6.90. The van der Waals surface area contributed by atoms with Gasteiger partial charge in [0.1, 0.15) is 5.25 Å². The van der Waals surface area contributed by atoms with Crippen LogP contribution in [0.1, 0.15) is 12.0 Å². The van der Waals surface area contributed by atoms with E-state index in [0.29, 0.717) is 5.69 Å². The molecule has 5 nitrogen and oxygen atoms in total. The van der Waals surface area contributed by atoms with Gasteiger partial charge >= 0.3 is 10.2 Å². The zero-order chi connectivity index (χ0) is 13.3. The number of benzene rings is 1. The molecule has 0 bridgehead atoms. The molecule has 1 unspecified atom stereocenters. The van der Waals surface area contributed by atoms with E-state index in [4.69, 9.17) is 5.73 Å². The van der Waals surface area contributed by atoms with E-state index >= 15 is 0 Å². The summed E-state index contributed by atoms with van der Waals surface area (Å²) in [6.07, 6.45) is -0.322. The lowest BCUT2D eigenvalue weighted by Gasteiger charge is -2.19. The number of para-hydroxylation sites is 1. The molecule has 1 aliphatic heterocycles. The molecule has 1 saturated heterocycles. The predicted octanol–water partition coefficient (Wildman–Crippen LogP) is 0.550. The summed E-state index contributed by atoms with van der Waals surface area (Å²) in [6.45, 7) is 0.0711. The van der Waals surface area contributed by atoms with Crippen molar-refractivity contribution in [2.45, 2.75) is 18.2 Å². The zero-order valence-corrected chi connectivity index (χ0v) is 10.4. The molecule has 2 rings (SSSR count). The van der Waals surface area contributed by atoms with Crippen LogP contribution in [0.15, 0.2) is 24.3 Å². The molecule has 0 saturated carbocycles. The number of carbonyl (C=O) groups excluding carboxylic acids is 1. The summed E-state index contributed by atoms with van der Waals surface area (Å²) in [5, 5.41) is -1.28. The van der Waals surface area contributed by atoms with Crippen LogP contribution in [0, 0.1) is 0 Å². The van der Waals surface area contributed by atoms with Crippen LogP contribution >= 0.6 is 0 Å². The maximum absolute atomic E-state index is 12.9. The van der Waals surface area contributed by atoms with Crippen LogP contribution in [0.25, 0.3) is 0 Å². The van der Waals surface area contributed by atoms with Crippen LogP contribution < -0.4 is 10.6 Å².